The van der Waals surface area contributed by atoms with Crippen LogP contribution < -0.4 is 4.40 Å². The smallest absolute Gasteiger partial charge is 0.124 e. The minimum atomic E-state index is -1.77. The standard InChI is InChI=1S/C26H20NO.C15H18GeN.Ir/c1-17(2)19-13-14-27-23(15-19)20-11-12-22-25(16-20)28-24-10-6-9-21(26(22)24)18-7-4-3-5-8-18;1-12-10-15(13-8-6-5-7-9-13)17-11-14(12)16(2,3)4;/h3-15,17H,1-2H3;5-8,10-11H,1-4H3;/q2*-1;/i17D;;. The number of pyridine rings is 2. The molecule has 7 aromatic rings. The van der Waals surface area contributed by atoms with E-state index in [1.54, 1.807) is 6.20 Å². The average molecular weight is 841 g/mol. The summed E-state index contributed by atoms with van der Waals surface area (Å²) < 4.78 is 15.9. The third-order valence-electron chi connectivity index (χ3n) is 8.02. The number of rotatable bonds is 5. The van der Waals surface area contributed by atoms with E-state index in [0.29, 0.717) is 0 Å². The van der Waals surface area contributed by atoms with Crippen molar-refractivity contribution in [3.63, 3.8) is 0 Å². The summed E-state index contributed by atoms with van der Waals surface area (Å²) in [7, 11) is 0. The molecule has 0 spiro atoms. The summed E-state index contributed by atoms with van der Waals surface area (Å²) in [5.41, 5.74) is 9.95. The molecule has 4 aromatic carbocycles. The number of furan rings is 1. The van der Waals surface area contributed by atoms with Crippen LogP contribution in [-0.2, 0) is 20.1 Å². The molecule has 0 atom stereocenters. The molecule has 0 aliphatic carbocycles. The van der Waals surface area contributed by atoms with Crippen molar-refractivity contribution >= 4 is 39.6 Å². The summed E-state index contributed by atoms with van der Waals surface area (Å²) in [6.45, 7) is 5.95. The summed E-state index contributed by atoms with van der Waals surface area (Å²) >= 11 is -1.77. The van der Waals surface area contributed by atoms with Crippen molar-refractivity contribution in [3.8, 4) is 33.6 Å². The van der Waals surface area contributed by atoms with Gasteiger partial charge in [0.25, 0.3) is 0 Å². The fourth-order valence-electron chi connectivity index (χ4n) is 5.69. The Morgan fingerprint density at radius 2 is 1.57 bits per heavy atom. The predicted octanol–water partition coefficient (Wildman–Crippen LogP) is 10.6. The van der Waals surface area contributed by atoms with E-state index < -0.39 is 19.2 Å². The molecule has 3 aromatic heterocycles. The van der Waals surface area contributed by atoms with Crippen LogP contribution in [0.25, 0.3) is 55.6 Å². The maximum Gasteiger partial charge on any atom is 0.124 e. The van der Waals surface area contributed by atoms with Gasteiger partial charge in [-0.2, -0.15) is 0 Å². The van der Waals surface area contributed by atoms with Crippen molar-refractivity contribution < 1.29 is 25.9 Å². The minimum Gasteiger partial charge on any atom is -0.477 e. The van der Waals surface area contributed by atoms with Crippen LogP contribution in [0.2, 0.25) is 17.3 Å². The van der Waals surface area contributed by atoms with Crippen LogP contribution in [0, 0.1) is 19.1 Å². The first-order valence-electron chi connectivity index (χ1n) is 15.8. The van der Waals surface area contributed by atoms with Crippen LogP contribution in [0.3, 0.4) is 0 Å². The molecule has 3 nitrogen and oxygen atoms in total. The second-order valence-electron chi connectivity index (χ2n) is 12.6. The zero-order chi connectivity index (χ0) is 32.5. The first-order chi connectivity index (χ1) is 22.0. The van der Waals surface area contributed by atoms with Gasteiger partial charge in [0.1, 0.15) is 5.58 Å². The van der Waals surface area contributed by atoms with Gasteiger partial charge in [-0.05, 0) is 40.2 Å². The van der Waals surface area contributed by atoms with E-state index in [9.17, 15) is 0 Å². The molecular weight excluding hydrogens is 801 g/mol. The number of aromatic nitrogens is 2. The van der Waals surface area contributed by atoms with E-state index in [-0.39, 0.29) is 20.1 Å². The number of hydrogen-bond donors (Lipinski definition) is 0. The van der Waals surface area contributed by atoms with Gasteiger partial charge in [0, 0.05) is 27.7 Å². The molecule has 46 heavy (non-hydrogen) atoms. The second-order valence-corrected chi connectivity index (χ2v) is 23.2. The number of fused-ring (bicyclic) bond motifs is 3. The summed E-state index contributed by atoms with van der Waals surface area (Å²) in [4.78, 5) is 9.08. The fourth-order valence-corrected chi connectivity index (χ4v) is 9.27. The van der Waals surface area contributed by atoms with E-state index in [4.69, 9.17) is 5.79 Å². The van der Waals surface area contributed by atoms with Crippen LogP contribution in [0.15, 0.2) is 120 Å². The Morgan fingerprint density at radius 3 is 2.26 bits per heavy atom. The van der Waals surface area contributed by atoms with Gasteiger partial charge in [0.2, 0.25) is 0 Å². The van der Waals surface area contributed by atoms with E-state index >= 15 is 0 Å². The van der Waals surface area contributed by atoms with Gasteiger partial charge < -0.3 is 9.40 Å². The fraction of sp³-hybridized carbons (Fsp3) is 0.171. The zero-order valence-electron chi connectivity index (χ0n) is 28.1. The van der Waals surface area contributed by atoms with Gasteiger partial charge in [0.05, 0.1) is 5.58 Å². The number of benzene rings is 4. The number of nitrogens with zero attached hydrogens (tertiary/aromatic N) is 2. The molecule has 0 N–H and O–H groups in total. The Bertz CT molecular complexity index is 2130. The molecule has 0 aliphatic heterocycles. The van der Waals surface area contributed by atoms with Crippen LogP contribution in [0.1, 0.15) is 32.2 Å². The third-order valence-corrected chi connectivity index (χ3v) is 12.5. The molecule has 0 aliphatic rings. The van der Waals surface area contributed by atoms with E-state index in [2.05, 4.69) is 88.9 Å². The second kappa shape index (κ2) is 14.3. The van der Waals surface area contributed by atoms with Crippen LogP contribution >= 0.6 is 0 Å². The van der Waals surface area contributed by atoms with Gasteiger partial charge in [-0.25, -0.2) is 0 Å². The monoisotopic (exact) mass is 842 g/mol. The predicted molar refractivity (Wildman–Crippen MR) is 192 cm³/mol. The Labute approximate surface area is 290 Å². The summed E-state index contributed by atoms with van der Waals surface area (Å²) in [6.07, 6.45) is 3.83. The van der Waals surface area contributed by atoms with Crippen LogP contribution in [0.5, 0.6) is 0 Å². The maximum atomic E-state index is 8.29. The SMILES string of the molecule is Cc1cc(-c2[c-]cccc2)nc[c]1[Ge]([CH3])([CH3])[CH3].[2H]C(C)(C)c1ccnc(-c2[c-]c3oc4cccc(-c5ccccc5)c4c3cc2)c1.[Ir]. The first-order valence-corrected chi connectivity index (χ1v) is 22.7. The molecule has 0 unspecified atom stereocenters. The largest absolute Gasteiger partial charge is 0.477 e. The van der Waals surface area contributed by atoms with E-state index in [0.717, 1.165) is 61.1 Å². The van der Waals surface area contributed by atoms with Crippen molar-refractivity contribution in [2.24, 2.45) is 0 Å². The molecule has 0 saturated carbocycles. The zero-order valence-corrected chi connectivity index (χ0v) is 31.6. The molecule has 3 heterocycles. The van der Waals surface area contributed by atoms with Gasteiger partial charge in [0.15, 0.2) is 0 Å². The molecule has 0 bridgehead atoms. The maximum absolute atomic E-state index is 8.29. The van der Waals surface area contributed by atoms with Gasteiger partial charge in [-0.15, -0.1) is 17.7 Å². The van der Waals surface area contributed by atoms with E-state index in [1.165, 1.54) is 9.96 Å². The molecule has 0 amide bonds. The van der Waals surface area contributed by atoms with Crippen molar-refractivity contribution in [3.05, 3.63) is 139 Å². The number of aryl methyl sites for hydroxylation is 1. The normalized spacial score (nSPS) is 11.8. The van der Waals surface area contributed by atoms with Crippen LogP contribution in [-0.4, -0.2) is 23.2 Å². The minimum absolute atomic E-state index is 0. The summed E-state index contributed by atoms with van der Waals surface area (Å²) in [5.74, 6) is 6.53. The van der Waals surface area contributed by atoms with Gasteiger partial charge in [-0.1, -0.05) is 79.4 Å². The van der Waals surface area contributed by atoms with Gasteiger partial charge in [-0.3, -0.25) is 0 Å². The molecule has 5 heteroatoms. The Hall–Kier alpha value is -3.83. The van der Waals surface area contributed by atoms with Crippen molar-refractivity contribution in [2.45, 2.75) is 43.9 Å². The summed E-state index contributed by atoms with van der Waals surface area (Å²) in [6, 6.07) is 41.3. The summed E-state index contributed by atoms with van der Waals surface area (Å²) in [5, 5.41) is 2.14. The molecule has 0 fully saturated rings. The molecule has 1 radical (unpaired) electrons. The molecule has 233 valence electrons. The Balaban J connectivity index is 0.000000207. The third kappa shape index (κ3) is 7.26. The Kier molecular flexibility index (Phi) is 9.98. The quantitative estimate of drug-likeness (QED) is 0.128. The molecular formula is C41H38GeIrN2O-2. The van der Waals surface area contributed by atoms with Crippen molar-refractivity contribution in [1.82, 2.24) is 9.97 Å². The van der Waals surface area contributed by atoms with E-state index in [1.807, 2.05) is 80.6 Å². The van der Waals surface area contributed by atoms with Crippen molar-refractivity contribution in [2.75, 3.05) is 0 Å². The van der Waals surface area contributed by atoms with Gasteiger partial charge >= 0.3 is 106 Å². The first kappa shape index (κ1) is 32.1. The molecule has 7 rings (SSSR count). The molecule has 0 saturated heterocycles. The topological polar surface area (TPSA) is 38.9 Å². The van der Waals surface area contributed by atoms with Crippen molar-refractivity contribution in [1.29, 1.82) is 0 Å². The Morgan fingerprint density at radius 1 is 0.804 bits per heavy atom. The number of hydrogen-bond acceptors (Lipinski definition) is 3. The average Bonchev–Trinajstić information content (AvgIpc) is 3.43. The van der Waals surface area contributed by atoms with Crippen LogP contribution in [0.4, 0.5) is 0 Å².